The zero-order chi connectivity index (χ0) is 13.8. The molecule has 3 heteroatoms. The van der Waals surface area contributed by atoms with Crippen molar-refractivity contribution >= 4 is 23.2 Å². The van der Waals surface area contributed by atoms with E-state index >= 15 is 0 Å². The second-order valence-corrected chi connectivity index (χ2v) is 5.44. The van der Waals surface area contributed by atoms with Crippen molar-refractivity contribution < 1.29 is 4.74 Å². The number of hydrogen-bond acceptors (Lipinski definition) is 1. The minimum absolute atomic E-state index is 0.163. The lowest BCUT2D eigenvalue weighted by molar-refractivity contribution is 0.409. The van der Waals surface area contributed by atoms with Crippen molar-refractivity contribution in [1.82, 2.24) is 0 Å². The zero-order valence-corrected chi connectivity index (χ0v) is 12.5. The van der Waals surface area contributed by atoms with E-state index in [9.17, 15) is 0 Å². The van der Waals surface area contributed by atoms with E-state index in [1.54, 1.807) is 7.11 Å². The largest absolute Gasteiger partial charge is 0.496 e. The van der Waals surface area contributed by atoms with Gasteiger partial charge in [-0.15, -0.1) is 11.6 Å². The maximum Gasteiger partial charge on any atom is 0.122 e. The van der Waals surface area contributed by atoms with Crippen LogP contribution in [0, 0.1) is 6.92 Å². The van der Waals surface area contributed by atoms with Gasteiger partial charge in [0, 0.05) is 5.02 Å². The van der Waals surface area contributed by atoms with Gasteiger partial charge in [-0.1, -0.05) is 41.9 Å². The first-order valence-electron chi connectivity index (χ1n) is 6.14. The Balaban J connectivity index is 2.23. The third kappa shape index (κ3) is 3.43. The fraction of sp³-hybridized carbons (Fsp3) is 0.250. The van der Waals surface area contributed by atoms with Crippen LogP contribution in [-0.2, 0) is 6.42 Å². The van der Waals surface area contributed by atoms with E-state index in [0.29, 0.717) is 6.42 Å². The predicted octanol–water partition coefficient (Wildman–Crippen LogP) is 5.18. The van der Waals surface area contributed by atoms with Gasteiger partial charge in [-0.05, 0) is 42.2 Å². The highest BCUT2D eigenvalue weighted by Gasteiger charge is 2.14. The molecule has 2 rings (SSSR count). The summed E-state index contributed by atoms with van der Waals surface area (Å²) in [6.07, 6.45) is 0.689. The molecule has 0 N–H and O–H groups in total. The summed E-state index contributed by atoms with van der Waals surface area (Å²) in [5.41, 5.74) is 3.18. The van der Waals surface area contributed by atoms with Crippen molar-refractivity contribution in [2.45, 2.75) is 18.7 Å². The van der Waals surface area contributed by atoms with Crippen molar-refractivity contribution in [2.75, 3.05) is 7.11 Å². The Hall–Kier alpha value is -1.18. The van der Waals surface area contributed by atoms with Gasteiger partial charge in [0.15, 0.2) is 0 Å². The summed E-state index contributed by atoms with van der Waals surface area (Å²) in [6.45, 7) is 2.01. The van der Waals surface area contributed by atoms with Crippen molar-refractivity contribution in [1.29, 1.82) is 0 Å². The number of methoxy groups -OCH3 is 1. The Morgan fingerprint density at radius 1 is 1.16 bits per heavy atom. The minimum atomic E-state index is -0.163. The number of rotatable bonds is 4. The number of aryl methyl sites for hydroxylation is 1. The molecule has 0 bridgehead atoms. The number of benzene rings is 2. The van der Waals surface area contributed by atoms with E-state index in [1.165, 1.54) is 0 Å². The summed E-state index contributed by atoms with van der Waals surface area (Å²) in [5, 5.41) is 0.555. The molecule has 1 atom stereocenters. The van der Waals surface area contributed by atoms with E-state index in [-0.39, 0.29) is 5.38 Å². The molecule has 0 aliphatic heterocycles. The molecule has 2 aromatic rings. The number of ether oxygens (including phenoxy) is 1. The summed E-state index contributed by atoms with van der Waals surface area (Å²) in [6, 6.07) is 13.9. The monoisotopic (exact) mass is 294 g/mol. The molecule has 0 aliphatic rings. The van der Waals surface area contributed by atoms with Crippen LogP contribution in [0.5, 0.6) is 5.75 Å². The predicted molar refractivity (Wildman–Crippen MR) is 81.5 cm³/mol. The molecule has 2 aromatic carbocycles. The summed E-state index contributed by atoms with van der Waals surface area (Å²) in [7, 11) is 1.67. The third-order valence-corrected chi connectivity index (χ3v) is 3.80. The Morgan fingerprint density at radius 2 is 1.89 bits per heavy atom. The van der Waals surface area contributed by atoms with Crippen LogP contribution in [0.3, 0.4) is 0 Å². The Bertz CT molecular complexity index is 566. The summed E-state index contributed by atoms with van der Waals surface area (Å²) in [5.74, 6) is 0.858. The number of hydrogen-bond donors (Lipinski definition) is 0. The maximum absolute atomic E-state index is 6.49. The van der Waals surface area contributed by atoms with Gasteiger partial charge in [-0.2, -0.15) is 0 Å². The Morgan fingerprint density at radius 3 is 2.58 bits per heavy atom. The van der Waals surface area contributed by atoms with Crippen LogP contribution in [-0.4, -0.2) is 7.11 Å². The smallest absolute Gasteiger partial charge is 0.122 e. The highest BCUT2D eigenvalue weighted by Crippen LogP contribution is 2.33. The number of halogens is 2. The first-order valence-corrected chi connectivity index (χ1v) is 6.95. The molecule has 0 radical (unpaired) electrons. The molecule has 0 amide bonds. The van der Waals surface area contributed by atoms with Crippen LogP contribution in [0.25, 0.3) is 0 Å². The molecule has 0 fully saturated rings. The molecule has 100 valence electrons. The van der Waals surface area contributed by atoms with Crippen molar-refractivity contribution in [2.24, 2.45) is 0 Å². The number of para-hydroxylation sites is 1. The first kappa shape index (κ1) is 14.2. The van der Waals surface area contributed by atoms with E-state index in [1.807, 2.05) is 49.4 Å². The van der Waals surface area contributed by atoms with Gasteiger partial charge in [-0.3, -0.25) is 0 Å². The molecule has 0 aliphatic carbocycles. The third-order valence-electron chi connectivity index (χ3n) is 3.09. The van der Waals surface area contributed by atoms with Crippen LogP contribution in [0.1, 0.15) is 22.1 Å². The van der Waals surface area contributed by atoms with Gasteiger partial charge in [0.1, 0.15) is 5.75 Å². The summed E-state index contributed by atoms with van der Waals surface area (Å²) >= 11 is 12.7. The molecule has 1 unspecified atom stereocenters. The molecular formula is C16H16Cl2O. The minimum Gasteiger partial charge on any atom is -0.496 e. The highest BCUT2D eigenvalue weighted by atomic mass is 35.5. The Labute approximate surface area is 124 Å². The van der Waals surface area contributed by atoms with Gasteiger partial charge < -0.3 is 4.74 Å². The van der Waals surface area contributed by atoms with Gasteiger partial charge in [0.05, 0.1) is 12.5 Å². The standard InChI is InChI=1S/C16H16Cl2O/c1-11-7-8-13(14(17)9-11)15(18)10-12-5-3-4-6-16(12)19-2/h3-9,15H,10H2,1-2H3. The average molecular weight is 295 g/mol. The molecule has 0 spiro atoms. The van der Waals surface area contributed by atoms with Crippen molar-refractivity contribution in [3.63, 3.8) is 0 Å². The second kappa shape index (κ2) is 6.31. The maximum atomic E-state index is 6.49. The SMILES string of the molecule is COc1ccccc1CC(Cl)c1ccc(C)cc1Cl. The van der Waals surface area contributed by atoms with E-state index in [2.05, 4.69) is 0 Å². The molecule has 0 heterocycles. The van der Waals surface area contributed by atoms with Gasteiger partial charge >= 0.3 is 0 Å². The van der Waals surface area contributed by atoms with Crippen LogP contribution in [0.4, 0.5) is 0 Å². The molecular weight excluding hydrogens is 279 g/mol. The topological polar surface area (TPSA) is 9.23 Å². The molecule has 19 heavy (non-hydrogen) atoms. The van der Waals surface area contributed by atoms with Crippen LogP contribution in [0.2, 0.25) is 5.02 Å². The lowest BCUT2D eigenvalue weighted by Crippen LogP contribution is -1.99. The van der Waals surface area contributed by atoms with Crippen LogP contribution >= 0.6 is 23.2 Å². The summed E-state index contributed by atoms with van der Waals surface area (Å²) < 4.78 is 5.34. The van der Waals surface area contributed by atoms with Crippen LogP contribution < -0.4 is 4.74 Å². The second-order valence-electron chi connectivity index (χ2n) is 4.51. The molecule has 1 nitrogen and oxygen atoms in total. The molecule has 0 aromatic heterocycles. The fourth-order valence-electron chi connectivity index (χ4n) is 2.06. The summed E-state index contributed by atoms with van der Waals surface area (Å²) in [4.78, 5) is 0. The van der Waals surface area contributed by atoms with Crippen molar-refractivity contribution in [3.05, 3.63) is 64.2 Å². The lowest BCUT2D eigenvalue weighted by atomic mass is 10.0. The zero-order valence-electron chi connectivity index (χ0n) is 11.0. The van der Waals surface area contributed by atoms with Gasteiger partial charge in [0.2, 0.25) is 0 Å². The first-order chi connectivity index (χ1) is 9.11. The average Bonchev–Trinajstić information content (AvgIpc) is 2.39. The fourth-order valence-corrected chi connectivity index (χ4v) is 2.84. The van der Waals surface area contributed by atoms with Crippen molar-refractivity contribution in [3.8, 4) is 5.75 Å². The van der Waals surface area contributed by atoms with Gasteiger partial charge in [-0.25, -0.2) is 0 Å². The van der Waals surface area contributed by atoms with E-state index < -0.39 is 0 Å². The van der Waals surface area contributed by atoms with Crippen LogP contribution in [0.15, 0.2) is 42.5 Å². The van der Waals surface area contributed by atoms with Gasteiger partial charge in [0.25, 0.3) is 0 Å². The Kier molecular flexibility index (Phi) is 4.73. The van der Waals surface area contributed by atoms with E-state index in [0.717, 1.165) is 27.5 Å². The molecule has 0 saturated heterocycles. The highest BCUT2D eigenvalue weighted by molar-refractivity contribution is 6.32. The lowest BCUT2D eigenvalue weighted by Gasteiger charge is -2.14. The number of alkyl halides is 1. The molecule has 0 saturated carbocycles. The quantitative estimate of drug-likeness (QED) is 0.706. The van der Waals surface area contributed by atoms with E-state index in [4.69, 9.17) is 27.9 Å². The normalized spacial score (nSPS) is 12.2.